The molecule has 32 heavy (non-hydrogen) atoms. The van der Waals surface area contributed by atoms with E-state index in [1.165, 1.54) is 4.90 Å². The van der Waals surface area contributed by atoms with E-state index in [1.807, 2.05) is 97.2 Å². The molecule has 1 aliphatic heterocycles. The van der Waals surface area contributed by atoms with E-state index in [1.54, 1.807) is 11.6 Å². The molecule has 0 bridgehead atoms. The second-order valence-corrected chi connectivity index (χ2v) is 7.96. The molecule has 0 saturated carbocycles. The van der Waals surface area contributed by atoms with Gasteiger partial charge in [0.15, 0.2) is 0 Å². The van der Waals surface area contributed by atoms with E-state index >= 15 is 0 Å². The van der Waals surface area contributed by atoms with Crippen molar-refractivity contribution in [1.82, 2.24) is 20.0 Å². The summed E-state index contributed by atoms with van der Waals surface area (Å²) >= 11 is 0. The predicted octanol–water partition coefficient (Wildman–Crippen LogP) is 4.51. The molecule has 158 valence electrons. The molecule has 1 atom stereocenters. The van der Waals surface area contributed by atoms with Gasteiger partial charge in [-0.25, -0.2) is 9.48 Å². The zero-order chi connectivity index (χ0) is 22.1. The Labute approximate surface area is 186 Å². The first kappa shape index (κ1) is 19.8. The number of hydrogen-bond donors (Lipinski definition) is 1. The number of imide groups is 1. The lowest BCUT2D eigenvalue weighted by atomic mass is 9.92. The summed E-state index contributed by atoms with van der Waals surface area (Å²) in [5, 5.41) is 7.66. The summed E-state index contributed by atoms with van der Waals surface area (Å²) in [4.78, 5) is 27.5. The largest absolute Gasteiger partial charge is 0.325 e. The Morgan fingerprint density at radius 3 is 2.09 bits per heavy atom. The Morgan fingerprint density at radius 1 is 0.844 bits per heavy atom. The van der Waals surface area contributed by atoms with Crippen LogP contribution in [0.25, 0.3) is 16.9 Å². The molecular formula is C26H22N4O2. The van der Waals surface area contributed by atoms with Crippen LogP contribution in [0.4, 0.5) is 4.79 Å². The normalized spacial score (nSPS) is 18.1. The van der Waals surface area contributed by atoms with Crippen molar-refractivity contribution in [2.45, 2.75) is 19.0 Å². The molecule has 3 amide bonds. The fraction of sp³-hybridized carbons (Fsp3) is 0.115. The smallest absolute Gasteiger partial charge is 0.319 e. The van der Waals surface area contributed by atoms with E-state index in [2.05, 4.69) is 5.32 Å². The highest BCUT2D eigenvalue weighted by molar-refractivity contribution is 6.07. The number of benzene rings is 3. The fourth-order valence-electron chi connectivity index (χ4n) is 4.06. The average molecular weight is 422 g/mol. The number of nitrogens with zero attached hydrogens (tertiary/aromatic N) is 3. The molecule has 1 aromatic heterocycles. The SMILES string of the molecule is CC1(c2ccccc2)NC(=O)N(Cc2cn(-c3ccccc3)nc2-c2ccccc2)C1=O. The van der Waals surface area contributed by atoms with Gasteiger partial charge in [0.25, 0.3) is 5.91 Å². The van der Waals surface area contributed by atoms with Gasteiger partial charge in [0.05, 0.1) is 17.9 Å². The first-order valence-corrected chi connectivity index (χ1v) is 10.5. The van der Waals surface area contributed by atoms with Crippen LogP contribution in [0.5, 0.6) is 0 Å². The molecule has 4 aromatic rings. The van der Waals surface area contributed by atoms with Crippen LogP contribution in [0.2, 0.25) is 0 Å². The van der Waals surface area contributed by atoms with Gasteiger partial charge in [-0.3, -0.25) is 9.69 Å². The molecule has 1 saturated heterocycles. The van der Waals surface area contributed by atoms with Gasteiger partial charge in [-0.05, 0) is 24.6 Å². The first-order valence-electron chi connectivity index (χ1n) is 10.5. The third kappa shape index (κ3) is 3.36. The number of nitrogens with one attached hydrogen (secondary N) is 1. The van der Waals surface area contributed by atoms with Crippen molar-refractivity contribution in [3.63, 3.8) is 0 Å². The third-order valence-corrected chi connectivity index (χ3v) is 5.81. The molecule has 3 aromatic carbocycles. The molecule has 2 heterocycles. The van der Waals surface area contributed by atoms with Gasteiger partial charge in [0, 0.05) is 17.3 Å². The zero-order valence-electron chi connectivity index (χ0n) is 17.6. The highest BCUT2D eigenvalue weighted by Gasteiger charge is 2.49. The monoisotopic (exact) mass is 422 g/mol. The summed E-state index contributed by atoms with van der Waals surface area (Å²) in [6.07, 6.45) is 1.89. The molecule has 1 fully saturated rings. The van der Waals surface area contributed by atoms with E-state index < -0.39 is 11.6 Å². The minimum Gasteiger partial charge on any atom is -0.319 e. The number of para-hydroxylation sites is 1. The number of carbonyl (C=O) groups excluding carboxylic acids is 2. The van der Waals surface area contributed by atoms with Crippen molar-refractivity contribution in [2.24, 2.45) is 0 Å². The number of rotatable bonds is 5. The zero-order valence-corrected chi connectivity index (χ0v) is 17.6. The van der Waals surface area contributed by atoms with E-state index in [-0.39, 0.29) is 12.5 Å². The van der Waals surface area contributed by atoms with Gasteiger partial charge in [-0.2, -0.15) is 5.10 Å². The lowest BCUT2D eigenvalue weighted by molar-refractivity contribution is -0.131. The first-order chi connectivity index (χ1) is 15.6. The van der Waals surface area contributed by atoms with Crippen molar-refractivity contribution < 1.29 is 9.59 Å². The van der Waals surface area contributed by atoms with Crippen LogP contribution >= 0.6 is 0 Å². The van der Waals surface area contributed by atoms with Gasteiger partial charge in [0.1, 0.15) is 5.54 Å². The summed E-state index contributed by atoms with van der Waals surface area (Å²) in [5.74, 6) is -0.278. The Morgan fingerprint density at radius 2 is 1.44 bits per heavy atom. The second kappa shape index (κ2) is 7.81. The predicted molar refractivity (Wildman–Crippen MR) is 122 cm³/mol. The highest BCUT2D eigenvalue weighted by Crippen LogP contribution is 2.31. The summed E-state index contributed by atoms with van der Waals surface area (Å²) < 4.78 is 1.78. The molecule has 0 spiro atoms. The Hall–Kier alpha value is -4.19. The molecule has 1 aliphatic rings. The Kier molecular flexibility index (Phi) is 4.82. The van der Waals surface area contributed by atoms with E-state index in [4.69, 9.17) is 5.10 Å². The molecule has 6 nitrogen and oxygen atoms in total. The quantitative estimate of drug-likeness (QED) is 0.482. The van der Waals surface area contributed by atoms with Crippen LogP contribution in [0.1, 0.15) is 18.1 Å². The number of aromatic nitrogens is 2. The van der Waals surface area contributed by atoms with Crippen molar-refractivity contribution in [1.29, 1.82) is 0 Å². The minimum atomic E-state index is -1.10. The van der Waals surface area contributed by atoms with E-state index in [9.17, 15) is 9.59 Å². The van der Waals surface area contributed by atoms with Crippen LogP contribution in [0.3, 0.4) is 0 Å². The molecule has 1 unspecified atom stereocenters. The van der Waals surface area contributed by atoms with Crippen LogP contribution in [-0.4, -0.2) is 26.6 Å². The van der Waals surface area contributed by atoms with Crippen molar-refractivity contribution in [3.8, 4) is 16.9 Å². The van der Waals surface area contributed by atoms with Gasteiger partial charge >= 0.3 is 6.03 Å². The standard InChI is InChI=1S/C26H22N4O2/c1-26(21-13-7-3-8-14-21)24(31)29(25(32)27-26)17-20-18-30(22-15-9-4-10-16-22)28-23(20)19-11-5-2-6-12-19/h2-16,18H,17H2,1H3,(H,27,32). The summed E-state index contributed by atoms with van der Waals surface area (Å²) in [6, 6.07) is 28.5. The third-order valence-electron chi connectivity index (χ3n) is 5.81. The number of urea groups is 1. The molecule has 1 N–H and O–H groups in total. The van der Waals surface area contributed by atoms with Gasteiger partial charge in [-0.1, -0.05) is 78.9 Å². The van der Waals surface area contributed by atoms with Gasteiger partial charge < -0.3 is 5.32 Å². The maximum atomic E-state index is 13.4. The summed E-state index contributed by atoms with van der Waals surface area (Å²) in [7, 11) is 0. The Balaban J connectivity index is 1.53. The summed E-state index contributed by atoms with van der Waals surface area (Å²) in [5.41, 5.74) is 3.02. The van der Waals surface area contributed by atoms with Gasteiger partial charge in [0.2, 0.25) is 0 Å². The lowest BCUT2D eigenvalue weighted by Gasteiger charge is -2.22. The maximum Gasteiger partial charge on any atom is 0.325 e. The van der Waals surface area contributed by atoms with Crippen LogP contribution in [-0.2, 0) is 16.9 Å². The molecule has 0 radical (unpaired) electrons. The minimum absolute atomic E-state index is 0.129. The fourth-order valence-corrected chi connectivity index (χ4v) is 4.06. The molecule has 0 aliphatic carbocycles. The van der Waals surface area contributed by atoms with Crippen LogP contribution < -0.4 is 5.32 Å². The molecule has 6 heteroatoms. The topological polar surface area (TPSA) is 67.2 Å². The van der Waals surface area contributed by atoms with Gasteiger partial charge in [-0.15, -0.1) is 0 Å². The van der Waals surface area contributed by atoms with E-state index in [0.29, 0.717) is 0 Å². The van der Waals surface area contributed by atoms with Crippen molar-refractivity contribution >= 4 is 11.9 Å². The van der Waals surface area contributed by atoms with Crippen LogP contribution in [0.15, 0.2) is 97.2 Å². The number of carbonyl (C=O) groups is 2. The molecule has 5 rings (SSSR count). The average Bonchev–Trinajstić information content (AvgIpc) is 3.36. The second-order valence-electron chi connectivity index (χ2n) is 7.96. The van der Waals surface area contributed by atoms with Crippen molar-refractivity contribution in [2.75, 3.05) is 0 Å². The number of hydrogen-bond acceptors (Lipinski definition) is 3. The molecular weight excluding hydrogens is 400 g/mol. The van der Waals surface area contributed by atoms with Crippen molar-refractivity contribution in [3.05, 3.63) is 108 Å². The van der Waals surface area contributed by atoms with E-state index in [0.717, 1.165) is 28.1 Å². The highest BCUT2D eigenvalue weighted by atomic mass is 16.2. The summed E-state index contributed by atoms with van der Waals surface area (Å²) in [6.45, 7) is 1.87. The lowest BCUT2D eigenvalue weighted by Crippen LogP contribution is -2.40. The number of amides is 3. The van der Waals surface area contributed by atoms with Crippen LogP contribution in [0, 0.1) is 0 Å². The maximum absolute atomic E-state index is 13.4. The Bertz CT molecular complexity index is 1270.